The molecule has 0 bridgehead atoms. The quantitative estimate of drug-likeness (QED) is 0.888. The van der Waals surface area contributed by atoms with Crippen LogP contribution in [0, 0.1) is 0 Å². The summed E-state index contributed by atoms with van der Waals surface area (Å²) in [6, 6.07) is 6.88. The first-order chi connectivity index (χ1) is 8.85. The lowest BCUT2D eigenvalue weighted by molar-refractivity contribution is 0.794. The highest BCUT2D eigenvalue weighted by Gasteiger charge is 2.10. The van der Waals surface area contributed by atoms with E-state index in [9.17, 15) is 0 Å². The van der Waals surface area contributed by atoms with Crippen molar-refractivity contribution in [2.24, 2.45) is 5.73 Å². The van der Waals surface area contributed by atoms with Gasteiger partial charge in [0.1, 0.15) is 0 Å². The van der Waals surface area contributed by atoms with Crippen LogP contribution in [0.25, 0.3) is 0 Å². The first-order valence-corrected chi connectivity index (χ1v) is 6.66. The molecule has 0 radical (unpaired) electrons. The highest BCUT2D eigenvalue weighted by atomic mass is 15.0. The maximum absolute atomic E-state index is 5.53. The largest absolute Gasteiger partial charge is 0.333 e. The van der Waals surface area contributed by atoms with Gasteiger partial charge in [-0.05, 0) is 42.5 Å². The van der Waals surface area contributed by atoms with Crippen LogP contribution in [0.5, 0.6) is 0 Å². The van der Waals surface area contributed by atoms with Gasteiger partial charge in [-0.1, -0.05) is 18.2 Å². The second kappa shape index (κ2) is 4.94. The lowest BCUT2D eigenvalue weighted by atomic mass is 10.1. The molecule has 0 aliphatic heterocycles. The van der Waals surface area contributed by atoms with E-state index in [-0.39, 0.29) is 0 Å². The van der Waals surface area contributed by atoms with Crippen LogP contribution >= 0.6 is 0 Å². The molecule has 0 saturated carbocycles. The van der Waals surface area contributed by atoms with E-state index < -0.39 is 0 Å². The summed E-state index contributed by atoms with van der Waals surface area (Å²) in [5.41, 5.74) is 11.1. The Labute approximate surface area is 108 Å². The van der Waals surface area contributed by atoms with E-state index in [4.69, 9.17) is 5.73 Å². The van der Waals surface area contributed by atoms with E-state index in [2.05, 4.69) is 33.9 Å². The number of hydrogen-bond donors (Lipinski definition) is 1. The van der Waals surface area contributed by atoms with Gasteiger partial charge in [-0.2, -0.15) is 0 Å². The van der Waals surface area contributed by atoms with Crippen LogP contribution in [0.1, 0.15) is 28.8 Å². The number of aryl methyl sites for hydroxylation is 2. The first kappa shape index (κ1) is 11.5. The summed E-state index contributed by atoms with van der Waals surface area (Å²) >= 11 is 0. The molecule has 1 aliphatic carbocycles. The highest BCUT2D eigenvalue weighted by molar-refractivity contribution is 5.35. The normalized spacial score (nSPS) is 13.8. The van der Waals surface area contributed by atoms with E-state index in [1.165, 1.54) is 36.0 Å². The molecule has 0 saturated heterocycles. The maximum atomic E-state index is 5.53. The average molecular weight is 241 g/mol. The molecule has 0 amide bonds. The lowest BCUT2D eigenvalue weighted by Crippen LogP contribution is -2.03. The molecule has 0 unspecified atom stereocenters. The molecule has 94 valence electrons. The molecule has 3 rings (SSSR count). The lowest BCUT2D eigenvalue weighted by Gasteiger charge is -2.05. The number of hydrogen-bond acceptors (Lipinski definition) is 2. The number of nitrogens with two attached hydrogens (primary N) is 1. The fourth-order valence-electron chi connectivity index (χ4n) is 2.70. The molecule has 2 N–H and O–H groups in total. The minimum absolute atomic E-state index is 0.663. The Morgan fingerprint density at radius 3 is 3.00 bits per heavy atom. The van der Waals surface area contributed by atoms with Gasteiger partial charge in [-0.25, -0.2) is 4.98 Å². The summed E-state index contributed by atoms with van der Waals surface area (Å²) in [7, 11) is 0. The van der Waals surface area contributed by atoms with Crippen LogP contribution in [0.2, 0.25) is 0 Å². The number of benzene rings is 1. The Hall–Kier alpha value is -1.61. The maximum Gasteiger partial charge on any atom is 0.0952 e. The topological polar surface area (TPSA) is 43.8 Å². The third-order valence-corrected chi connectivity index (χ3v) is 3.62. The van der Waals surface area contributed by atoms with Crippen molar-refractivity contribution in [3.8, 4) is 0 Å². The van der Waals surface area contributed by atoms with E-state index in [0.717, 1.165) is 18.7 Å². The molecule has 0 fully saturated rings. The Morgan fingerprint density at radius 1 is 1.22 bits per heavy atom. The predicted octanol–water partition coefficient (Wildman–Crippen LogP) is 1.92. The van der Waals surface area contributed by atoms with Crippen LogP contribution in [0.4, 0.5) is 0 Å². The van der Waals surface area contributed by atoms with Crippen molar-refractivity contribution in [2.45, 2.75) is 32.2 Å². The number of aromatic nitrogens is 2. The van der Waals surface area contributed by atoms with Gasteiger partial charge < -0.3 is 10.3 Å². The van der Waals surface area contributed by atoms with Crippen molar-refractivity contribution >= 4 is 0 Å². The molecule has 3 heteroatoms. The number of rotatable bonds is 4. The van der Waals surface area contributed by atoms with Crippen LogP contribution < -0.4 is 5.73 Å². The SMILES string of the molecule is NCCc1cn(Cc2ccc3c(c2)CCC3)cn1. The molecule has 1 aromatic carbocycles. The Balaban J connectivity index is 1.75. The van der Waals surface area contributed by atoms with Gasteiger partial charge in [0.25, 0.3) is 0 Å². The van der Waals surface area contributed by atoms with Gasteiger partial charge >= 0.3 is 0 Å². The standard InChI is InChI=1S/C15H19N3/c16-7-6-15-10-18(11-17-15)9-12-4-5-13-2-1-3-14(13)8-12/h4-5,8,10-11H,1-3,6-7,9,16H2. The van der Waals surface area contributed by atoms with Crippen LogP contribution in [0.15, 0.2) is 30.7 Å². The van der Waals surface area contributed by atoms with Crippen LogP contribution in [-0.4, -0.2) is 16.1 Å². The monoisotopic (exact) mass is 241 g/mol. The van der Waals surface area contributed by atoms with Crippen LogP contribution in [-0.2, 0) is 25.8 Å². The number of nitrogens with zero attached hydrogens (tertiary/aromatic N) is 2. The summed E-state index contributed by atoms with van der Waals surface area (Å²) in [6.45, 7) is 1.57. The highest BCUT2D eigenvalue weighted by Crippen LogP contribution is 2.23. The Bertz CT molecular complexity index is 542. The van der Waals surface area contributed by atoms with Gasteiger partial charge in [0, 0.05) is 19.2 Å². The minimum atomic E-state index is 0.663. The minimum Gasteiger partial charge on any atom is -0.333 e. The van der Waals surface area contributed by atoms with Crippen molar-refractivity contribution in [1.82, 2.24) is 9.55 Å². The molecule has 0 atom stereocenters. The van der Waals surface area contributed by atoms with Crippen molar-refractivity contribution < 1.29 is 0 Å². The second-order valence-corrected chi connectivity index (χ2v) is 5.03. The van der Waals surface area contributed by atoms with Gasteiger partial charge in [-0.15, -0.1) is 0 Å². The smallest absolute Gasteiger partial charge is 0.0952 e. The molecule has 1 aromatic heterocycles. The number of fused-ring (bicyclic) bond motifs is 1. The van der Waals surface area contributed by atoms with E-state index >= 15 is 0 Å². The molecular weight excluding hydrogens is 222 g/mol. The molecule has 2 aromatic rings. The fraction of sp³-hybridized carbons (Fsp3) is 0.400. The van der Waals surface area contributed by atoms with E-state index in [0.29, 0.717) is 6.54 Å². The fourth-order valence-corrected chi connectivity index (χ4v) is 2.70. The van der Waals surface area contributed by atoms with Gasteiger partial charge in [-0.3, -0.25) is 0 Å². The summed E-state index contributed by atoms with van der Waals surface area (Å²) in [6.07, 6.45) is 8.66. The molecule has 18 heavy (non-hydrogen) atoms. The van der Waals surface area contributed by atoms with Crippen molar-refractivity contribution in [3.05, 3.63) is 53.1 Å². The molecule has 1 aliphatic rings. The Morgan fingerprint density at radius 2 is 2.11 bits per heavy atom. The van der Waals surface area contributed by atoms with Crippen LogP contribution in [0.3, 0.4) is 0 Å². The summed E-state index contributed by atoms with van der Waals surface area (Å²) in [5.74, 6) is 0. The zero-order chi connectivity index (χ0) is 12.4. The summed E-state index contributed by atoms with van der Waals surface area (Å²) in [4.78, 5) is 4.36. The van der Waals surface area contributed by atoms with Crippen molar-refractivity contribution in [2.75, 3.05) is 6.54 Å². The zero-order valence-electron chi connectivity index (χ0n) is 10.6. The zero-order valence-corrected chi connectivity index (χ0v) is 10.6. The van der Waals surface area contributed by atoms with E-state index in [1.807, 2.05) is 6.33 Å². The second-order valence-electron chi connectivity index (χ2n) is 5.03. The first-order valence-electron chi connectivity index (χ1n) is 6.66. The van der Waals surface area contributed by atoms with Gasteiger partial charge in [0.15, 0.2) is 0 Å². The summed E-state index contributed by atoms with van der Waals surface area (Å²) in [5, 5.41) is 0. The van der Waals surface area contributed by atoms with Gasteiger partial charge in [0.05, 0.1) is 12.0 Å². The molecular formula is C15H19N3. The van der Waals surface area contributed by atoms with Crippen molar-refractivity contribution in [1.29, 1.82) is 0 Å². The third-order valence-electron chi connectivity index (χ3n) is 3.62. The predicted molar refractivity (Wildman–Crippen MR) is 72.6 cm³/mol. The van der Waals surface area contributed by atoms with Gasteiger partial charge in [0.2, 0.25) is 0 Å². The van der Waals surface area contributed by atoms with Crippen molar-refractivity contribution in [3.63, 3.8) is 0 Å². The number of imidazole rings is 1. The molecule has 1 heterocycles. The third kappa shape index (κ3) is 2.31. The molecule has 3 nitrogen and oxygen atoms in total. The summed E-state index contributed by atoms with van der Waals surface area (Å²) < 4.78 is 2.14. The molecule has 0 spiro atoms. The Kier molecular flexibility index (Phi) is 3.15. The average Bonchev–Trinajstić information content (AvgIpc) is 2.98. The van der Waals surface area contributed by atoms with E-state index in [1.54, 1.807) is 0 Å².